The molecule has 2 amide bonds. The summed E-state index contributed by atoms with van der Waals surface area (Å²) in [6.07, 6.45) is 1.42. The Hall–Kier alpha value is -2.38. The summed E-state index contributed by atoms with van der Waals surface area (Å²) < 4.78 is 5.10. The lowest BCUT2D eigenvalue weighted by atomic mass is 10.1. The number of rotatable bonds is 6. The largest absolute Gasteiger partial charge is 0.394 e. The van der Waals surface area contributed by atoms with Crippen molar-refractivity contribution in [2.75, 3.05) is 13.2 Å². The molecule has 2 N–H and O–H groups in total. The normalized spacial score (nSPS) is 17.7. The Morgan fingerprint density at radius 2 is 2.15 bits per heavy atom. The number of nitrogens with zero attached hydrogens (tertiary/aromatic N) is 2. The topological polar surface area (TPSA) is 95.7 Å². The molecule has 3 rings (SSSR count). The van der Waals surface area contributed by atoms with E-state index in [4.69, 9.17) is 16.1 Å². The number of hydrogen-bond donors (Lipinski definition) is 2. The first-order valence-corrected chi connectivity index (χ1v) is 9.24. The first-order chi connectivity index (χ1) is 13.0. The van der Waals surface area contributed by atoms with Gasteiger partial charge in [0.05, 0.1) is 24.8 Å². The zero-order valence-electron chi connectivity index (χ0n) is 15.0. The summed E-state index contributed by atoms with van der Waals surface area (Å²) in [4.78, 5) is 26.9. The van der Waals surface area contributed by atoms with Crippen LogP contribution in [-0.4, -0.2) is 46.2 Å². The third kappa shape index (κ3) is 4.67. The molecule has 2 atom stereocenters. The van der Waals surface area contributed by atoms with Crippen LogP contribution in [0.2, 0.25) is 5.02 Å². The fraction of sp³-hybridized carbons (Fsp3) is 0.421. The molecule has 144 valence electrons. The number of likely N-dealkylation sites (tertiary alicyclic amines) is 1. The van der Waals surface area contributed by atoms with Gasteiger partial charge in [0.1, 0.15) is 11.8 Å². The summed E-state index contributed by atoms with van der Waals surface area (Å²) in [7, 11) is 0. The molecule has 7 nitrogen and oxygen atoms in total. The molecule has 27 heavy (non-hydrogen) atoms. The molecular formula is C19H22ClN3O4. The summed E-state index contributed by atoms with van der Waals surface area (Å²) >= 11 is 5.88. The minimum absolute atomic E-state index is 0.0746. The van der Waals surface area contributed by atoms with Gasteiger partial charge in [-0.05, 0) is 37.5 Å². The van der Waals surface area contributed by atoms with Gasteiger partial charge in [-0.1, -0.05) is 28.9 Å². The number of aromatic nitrogens is 1. The van der Waals surface area contributed by atoms with Gasteiger partial charge in [0, 0.05) is 17.6 Å². The van der Waals surface area contributed by atoms with Crippen molar-refractivity contribution in [2.24, 2.45) is 0 Å². The molecule has 0 aliphatic carbocycles. The van der Waals surface area contributed by atoms with Crippen molar-refractivity contribution in [3.05, 3.63) is 52.4 Å². The molecule has 1 aliphatic heterocycles. The van der Waals surface area contributed by atoms with E-state index in [-0.39, 0.29) is 24.8 Å². The van der Waals surface area contributed by atoms with Crippen molar-refractivity contribution in [2.45, 2.75) is 38.3 Å². The lowest BCUT2D eigenvalue weighted by Gasteiger charge is -2.26. The fourth-order valence-corrected chi connectivity index (χ4v) is 3.41. The summed E-state index contributed by atoms with van der Waals surface area (Å²) in [5, 5.41) is 16.9. The maximum Gasteiger partial charge on any atom is 0.243 e. The summed E-state index contributed by atoms with van der Waals surface area (Å²) in [5.74, 6) is 0.0393. The van der Waals surface area contributed by atoms with Crippen LogP contribution in [0.1, 0.15) is 35.9 Å². The van der Waals surface area contributed by atoms with Crippen LogP contribution in [0.4, 0.5) is 0 Å². The highest BCUT2D eigenvalue weighted by molar-refractivity contribution is 6.30. The number of amides is 2. The van der Waals surface area contributed by atoms with Gasteiger partial charge < -0.3 is 19.8 Å². The van der Waals surface area contributed by atoms with Crippen molar-refractivity contribution in [3.63, 3.8) is 0 Å². The van der Waals surface area contributed by atoms with Crippen LogP contribution >= 0.6 is 11.6 Å². The van der Waals surface area contributed by atoms with Crippen LogP contribution in [-0.2, 0) is 16.0 Å². The molecule has 1 aromatic heterocycles. The summed E-state index contributed by atoms with van der Waals surface area (Å²) in [6.45, 7) is 2.07. The summed E-state index contributed by atoms with van der Waals surface area (Å²) in [5.41, 5.74) is 1.46. The van der Waals surface area contributed by atoms with Crippen LogP contribution < -0.4 is 5.32 Å². The van der Waals surface area contributed by atoms with E-state index in [2.05, 4.69) is 10.5 Å². The molecule has 1 aliphatic rings. The molecule has 2 heterocycles. The number of aliphatic hydroxyl groups is 1. The van der Waals surface area contributed by atoms with Crippen LogP contribution in [0.5, 0.6) is 0 Å². The highest BCUT2D eigenvalue weighted by atomic mass is 35.5. The molecule has 8 heteroatoms. The summed E-state index contributed by atoms with van der Waals surface area (Å²) in [6, 6.07) is 7.53. The predicted molar refractivity (Wildman–Crippen MR) is 99.1 cm³/mol. The van der Waals surface area contributed by atoms with Crippen molar-refractivity contribution in [1.82, 2.24) is 15.4 Å². The Bertz CT molecular complexity index is 806. The second kappa shape index (κ2) is 8.54. The third-order valence-electron chi connectivity index (χ3n) is 4.65. The molecule has 0 saturated carbocycles. The van der Waals surface area contributed by atoms with Gasteiger partial charge in [-0.3, -0.25) is 9.59 Å². The quantitative estimate of drug-likeness (QED) is 0.785. The number of benzene rings is 1. The van der Waals surface area contributed by atoms with Crippen LogP contribution in [0.25, 0.3) is 0 Å². The Kier molecular flexibility index (Phi) is 6.13. The first-order valence-electron chi connectivity index (χ1n) is 8.86. The van der Waals surface area contributed by atoms with Gasteiger partial charge in [-0.25, -0.2) is 0 Å². The second-order valence-electron chi connectivity index (χ2n) is 6.65. The van der Waals surface area contributed by atoms with Crippen LogP contribution in [0, 0.1) is 6.92 Å². The van der Waals surface area contributed by atoms with Crippen molar-refractivity contribution in [1.29, 1.82) is 0 Å². The standard InChI is InChI=1S/C19H22ClN3O4/c1-12-9-15(27-22-12)10-18(25)23-8-2-3-17(23)19(26)21-16(11-24)13-4-6-14(20)7-5-13/h4-7,9,16-17,24H,2-3,8,10-11H2,1H3,(H,21,26)/t16-,17-/m0/s1. The zero-order chi connectivity index (χ0) is 19.4. The SMILES string of the molecule is Cc1cc(CC(=O)N2CCC[C@H]2C(=O)N[C@@H](CO)c2ccc(Cl)cc2)on1. The molecule has 0 radical (unpaired) electrons. The van der Waals surface area contributed by atoms with Gasteiger partial charge in [0.2, 0.25) is 11.8 Å². The van der Waals surface area contributed by atoms with E-state index in [1.165, 1.54) is 0 Å². The van der Waals surface area contributed by atoms with E-state index in [1.807, 2.05) is 0 Å². The Morgan fingerprint density at radius 3 is 2.78 bits per heavy atom. The van der Waals surface area contributed by atoms with E-state index < -0.39 is 12.1 Å². The Balaban J connectivity index is 1.65. The molecule has 1 saturated heterocycles. The van der Waals surface area contributed by atoms with Gasteiger partial charge in [-0.2, -0.15) is 0 Å². The van der Waals surface area contributed by atoms with Crippen LogP contribution in [0.3, 0.4) is 0 Å². The molecule has 0 unspecified atom stereocenters. The molecule has 1 fully saturated rings. The van der Waals surface area contributed by atoms with Gasteiger partial charge >= 0.3 is 0 Å². The monoisotopic (exact) mass is 391 g/mol. The van der Waals surface area contributed by atoms with E-state index in [0.29, 0.717) is 29.4 Å². The van der Waals surface area contributed by atoms with Crippen molar-refractivity contribution >= 4 is 23.4 Å². The first kappa shape index (κ1) is 19.4. The van der Waals surface area contributed by atoms with E-state index in [1.54, 1.807) is 42.2 Å². The zero-order valence-corrected chi connectivity index (χ0v) is 15.8. The number of aryl methyl sites for hydroxylation is 1. The number of halogens is 1. The van der Waals surface area contributed by atoms with Gasteiger partial charge in [-0.15, -0.1) is 0 Å². The van der Waals surface area contributed by atoms with E-state index in [0.717, 1.165) is 12.0 Å². The molecule has 0 bridgehead atoms. The van der Waals surface area contributed by atoms with Crippen molar-refractivity contribution < 1.29 is 19.2 Å². The van der Waals surface area contributed by atoms with Gasteiger partial charge in [0.25, 0.3) is 0 Å². The maximum absolute atomic E-state index is 12.7. The average Bonchev–Trinajstić information content (AvgIpc) is 3.29. The number of hydrogen-bond acceptors (Lipinski definition) is 5. The maximum atomic E-state index is 12.7. The smallest absolute Gasteiger partial charge is 0.243 e. The third-order valence-corrected chi connectivity index (χ3v) is 4.90. The van der Waals surface area contributed by atoms with Crippen molar-refractivity contribution in [3.8, 4) is 0 Å². The van der Waals surface area contributed by atoms with E-state index >= 15 is 0 Å². The highest BCUT2D eigenvalue weighted by Crippen LogP contribution is 2.21. The number of carbonyl (C=O) groups is 2. The second-order valence-corrected chi connectivity index (χ2v) is 7.09. The predicted octanol–water partition coefficient (Wildman–Crippen LogP) is 2.02. The fourth-order valence-electron chi connectivity index (χ4n) is 3.29. The average molecular weight is 392 g/mol. The van der Waals surface area contributed by atoms with Gasteiger partial charge in [0.15, 0.2) is 0 Å². The number of carbonyl (C=O) groups excluding carboxylic acids is 2. The minimum Gasteiger partial charge on any atom is -0.394 e. The molecule has 0 spiro atoms. The molecule has 2 aromatic rings. The van der Waals surface area contributed by atoms with E-state index in [9.17, 15) is 14.7 Å². The minimum atomic E-state index is -0.553. The lowest BCUT2D eigenvalue weighted by Crippen LogP contribution is -2.47. The number of nitrogens with one attached hydrogen (secondary N) is 1. The Morgan fingerprint density at radius 1 is 1.41 bits per heavy atom. The highest BCUT2D eigenvalue weighted by Gasteiger charge is 2.35. The Labute approximate surface area is 162 Å². The molecule has 1 aromatic carbocycles. The number of aliphatic hydroxyl groups excluding tert-OH is 1. The van der Waals surface area contributed by atoms with Crippen LogP contribution in [0.15, 0.2) is 34.9 Å². The lowest BCUT2D eigenvalue weighted by molar-refractivity contribution is -0.138. The molecular weight excluding hydrogens is 370 g/mol.